The molecule has 0 radical (unpaired) electrons. The highest BCUT2D eigenvalue weighted by Gasteiger charge is 2.29. The monoisotopic (exact) mass is 396 g/mol. The van der Waals surface area contributed by atoms with Gasteiger partial charge in [-0.15, -0.1) is 0 Å². The maximum Gasteiger partial charge on any atom is 0.255 e. The zero-order chi connectivity index (χ0) is 20.1. The summed E-state index contributed by atoms with van der Waals surface area (Å²) in [5, 5.41) is 1.25. The zero-order valence-electron chi connectivity index (χ0n) is 16.8. The van der Waals surface area contributed by atoms with E-state index in [0.717, 1.165) is 55.0 Å². The summed E-state index contributed by atoms with van der Waals surface area (Å²) >= 11 is 0. The van der Waals surface area contributed by atoms with Gasteiger partial charge in [0.2, 0.25) is 0 Å². The van der Waals surface area contributed by atoms with Crippen LogP contribution in [0, 0.1) is 0 Å². The first-order valence-electron chi connectivity index (χ1n) is 10.8. The first kappa shape index (κ1) is 17.7. The van der Waals surface area contributed by atoms with Crippen molar-refractivity contribution in [1.29, 1.82) is 0 Å². The lowest BCUT2D eigenvalue weighted by molar-refractivity contribution is 0.242. The van der Waals surface area contributed by atoms with E-state index in [1.807, 2.05) is 6.07 Å². The van der Waals surface area contributed by atoms with Crippen molar-refractivity contribution >= 4 is 10.9 Å². The van der Waals surface area contributed by atoms with Crippen LogP contribution in [-0.4, -0.2) is 26.4 Å². The van der Waals surface area contributed by atoms with Gasteiger partial charge in [-0.25, -0.2) is 4.98 Å². The molecule has 2 aromatic heterocycles. The van der Waals surface area contributed by atoms with Gasteiger partial charge < -0.3 is 9.97 Å². The van der Waals surface area contributed by atoms with E-state index in [1.165, 1.54) is 22.2 Å². The number of nitrogens with zero attached hydrogens (tertiary/aromatic N) is 2. The second-order valence-corrected chi connectivity index (χ2v) is 8.50. The third kappa shape index (κ3) is 3.06. The lowest BCUT2D eigenvalue weighted by Crippen LogP contribution is -2.35. The third-order valence-corrected chi connectivity index (χ3v) is 6.39. The Kier molecular flexibility index (Phi) is 4.09. The van der Waals surface area contributed by atoms with E-state index >= 15 is 0 Å². The number of aromatic nitrogens is 3. The van der Waals surface area contributed by atoms with E-state index in [2.05, 4.69) is 63.4 Å². The second kappa shape index (κ2) is 6.96. The predicted octanol–water partition coefficient (Wildman–Crippen LogP) is 4.35. The van der Waals surface area contributed by atoms with Crippen LogP contribution in [0.5, 0.6) is 0 Å². The molecule has 4 aromatic rings. The molecular formula is C25H24N4O. The molecule has 30 heavy (non-hydrogen) atoms. The molecule has 5 nitrogen and oxygen atoms in total. The molecule has 2 N–H and O–H groups in total. The average molecular weight is 396 g/mol. The highest BCUT2D eigenvalue weighted by Crippen LogP contribution is 2.38. The van der Waals surface area contributed by atoms with Gasteiger partial charge in [0.25, 0.3) is 5.56 Å². The maximum absolute atomic E-state index is 12.7. The summed E-state index contributed by atoms with van der Waals surface area (Å²) in [6.45, 7) is 2.37. The minimum absolute atomic E-state index is 0.0498. The predicted molar refractivity (Wildman–Crippen MR) is 118 cm³/mol. The summed E-state index contributed by atoms with van der Waals surface area (Å²) in [4.78, 5) is 26.6. The van der Waals surface area contributed by atoms with E-state index in [-0.39, 0.29) is 5.56 Å². The second-order valence-electron chi connectivity index (χ2n) is 8.50. The molecule has 3 heterocycles. The van der Waals surface area contributed by atoms with Crippen LogP contribution in [0.1, 0.15) is 41.4 Å². The van der Waals surface area contributed by atoms with E-state index < -0.39 is 0 Å². The number of para-hydroxylation sites is 1. The standard InChI is InChI=1S/C25H24N4O/c30-25-20-15-29(13-12-22(20)27-24(28-25)17-10-11-17)14-19-18-8-4-5-9-21(18)26-23(19)16-6-2-1-3-7-16/h1-9,17,26H,10-15H2,(H,27,28,30). The zero-order valence-corrected chi connectivity index (χ0v) is 16.8. The molecule has 0 unspecified atom stereocenters. The van der Waals surface area contributed by atoms with Gasteiger partial charge in [0.1, 0.15) is 5.82 Å². The maximum atomic E-state index is 12.7. The summed E-state index contributed by atoms with van der Waals surface area (Å²) in [7, 11) is 0. The summed E-state index contributed by atoms with van der Waals surface area (Å²) in [5.74, 6) is 1.37. The number of hydrogen-bond acceptors (Lipinski definition) is 3. The van der Waals surface area contributed by atoms with E-state index in [1.54, 1.807) is 0 Å². The number of nitrogens with one attached hydrogen (secondary N) is 2. The fourth-order valence-electron chi connectivity index (χ4n) is 4.62. The lowest BCUT2D eigenvalue weighted by atomic mass is 10.0. The summed E-state index contributed by atoms with van der Waals surface area (Å²) < 4.78 is 0. The molecule has 1 saturated carbocycles. The van der Waals surface area contributed by atoms with Gasteiger partial charge in [0.15, 0.2) is 0 Å². The van der Waals surface area contributed by atoms with Crippen molar-refractivity contribution in [3.8, 4) is 11.3 Å². The number of benzene rings is 2. The van der Waals surface area contributed by atoms with Gasteiger partial charge in [-0.05, 0) is 30.0 Å². The quantitative estimate of drug-likeness (QED) is 0.539. The Balaban J connectivity index is 1.36. The summed E-state index contributed by atoms with van der Waals surface area (Å²) in [6.07, 6.45) is 3.13. The van der Waals surface area contributed by atoms with Crippen LogP contribution in [0.15, 0.2) is 59.4 Å². The first-order chi connectivity index (χ1) is 14.8. The minimum Gasteiger partial charge on any atom is -0.354 e. The van der Waals surface area contributed by atoms with Crippen molar-refractivity contribution in [2.45, 2.75) is 38.3 Å². The highest BCUT2D eigenvalue weighted by molar-refractivity contribution is 5.90. The molecule has 0 saturated heterocycles. The van der Waals surface area contributed by atoms with Crippen LogP contribution in [0.25, 0.3) is 22.2 Å². The number of rotatable bonds is 4. The van der Waals surface area contributed by atoms with Gasteiger partial charge in [0, 0.05) is 42.9 Å². The highest BCUT2D eigenvalue weighted by atomic mass is 16.1. The molecule has 5 heteroatoms. The molecule has 0 atom stereocenters. The van der Waals surface area contributed by atoms with Crippen molar-refractivity contribution in [2.75, 3.05) is 6.54 Å². The van der Waals surface area contributed by atoms with Crippen molar-refractivity contribution < 1.29 is 0 Å². The number of H-pyrrole nitrogens is 2. The Morgan fingerprint density at radius 1 is 1.00 bits per heavy atom. The topological polar surface area (TPSA) is 64.8 Å². The molecule has 150 valence electrons. The fraction of sp³-hybridized carbons (Fsp3) is 0.280. The van der Waals surface area contributed by atoms with Crippen LogP contribution < -0.4 is 5.56 Å². The molecule has 1 aliphatic heterocycles. The Morgan fingerprint density at radius 2 is 1.80 bits per heavy atom. The first-order valence-corrected chi connectivity index (χ1v) is 10.8. The van der Waals surface area contributed by atoms with Crippen LogP contribution in [0.3, 0.4) is 0 Å². The Labute approximate surface area is 174 Å². The van der Waals surface area contributed by atoms with Crippen LogP contribution in [0.2, 0.25) is 0 Å². The van der Waals surface area contributed by atoms with E-state index in [0.29, 0.717) is 12.5 Å². The van der Waals surface area contributed by atoms with Gasteiger partial charge in [0.05, 0.1) is 17.0 Å². The number of aromatic amines is 2. The van der Waals surface area contributed by atoms with Gasteiger partial charge in [-0.3, -0.25) is 9.69 Å². The molecule has 1 fully saturated rings. The van der Waals surface area contributed by atoms with Crippen molar-refractivity contribution in [2.24, 2.45) is 0 Å². The van der Waals surface area contributed by atoms with Gasteiger partial charge in [-0.2, -0.15) is 0 Å². The van der Waals surface area contributed by atoms with Crippen LogP contribution in [-0.2, 0) is 19.5 Å². The Bertz CT molecular complexity index is 1280. The van der Waals surface area contributed by atoms with Crippen LogP contribution >= 0.6 is 0 Å². The summed E-state index contributed by atoms with van der Waals surface area (Å²) in [5.41, 5.74) is 6.68. The fourth-order valence-corrected chi connectivity index (χ4v) is 4.62. The molecular weight excluding hydrogens is 372 g/mol. The molecule has 0 bridgehead atoms. The Hall–Kier alpha value is -3.18. The van der Waals surface area contributed by atoms with E-state index in [9.17, 15) is 4.79 Å². The average Bonchev–Trinajstić information content (AvgIpc) is 3.57. The van der Waals surface area contributed by atoms with E-state index in [4.69, 9.17) is 4.98 Å². The van der Waals surface area contributed by atoms with Crippen molar-refractivity contribution in [3.63, 3.8) is 0 Å². The van der Waals surface area contributed by atoms with Crippen LogP contribution in [0.4, 0.5) is 0 Å². The Morgan fingerprint density at radius 3 is 2.63 bits per heavy atom. The molecule has 0 spiro atoms. The molecule has 1 aliphatic carbocycles. The molecule has 2 aromatic carbocycles. The largest absolute Gasteiger partial charge is 0.354 e. The SMILES string of the molecule is O=c1[nH]c(C2CC2)nc2c1CN(Cc1c(-c3ccccc3)[nH]c3ccccc13)CC2. The summed E-state index contributed by atoms with van der Waals surface area (Å²) in [6, 6.07) is 19.0. The normalized spacial score (nSPS) is 16.7. The van der Waals surface area contributed by atoms with Gasteiger partial charge >= 0.3 is 0 Å². The molecule has 0 amide bonds. The smallest absolute Gasteiger partial charge is 0.255 e. The lowest BCUT2D eigenvalue weighted by Gasteiger charge is -2.28. The van der Waals surface area contributed by atoms with Gasteiger partial charge in [-0.1, -0.05) is 48.5 Å². The third-order valence-electron chi connectivity index (χ3n) is 6.39. The van der Waals surface area contributed by atoms with Crippen molar-refractivity contribution in [3.05, 3.63) is 87.6 Å². The minimum atomic E-state index is 0.0498. The molecule has 6 rings (SSSR count). The van der Waals surface area contributed by atoms with Crippen molar-refractivity contribution in [1.82, 2.24) is 19.9 Å². The number of fused-ring (bicyclic) bond motifs is 2. The number of hydrogen-bond donors (Lipinski definition) is 2. The molecule has 2 aliphatic rings.